The third-order valence-corrected chi connectivity index (χ3v) is 4.62. The van der Waals surface area contributed by atoms with Gasteiger partial charge in [-0.25, -0.2) is 0 Å². The van der Waals surface area contributed by atoms with Gasteiger partial charge >= 0.3 is 0 Å². The van der Waals surface area contributed by atoms with Gasteiger partial charge in [-0.1, -0.05) is 42.5 Å². The molecule has 0 amide bonds. The van der Waals surface area contributed by atoms with E-state index in [-0.39, 0.29) is 11.5 Å². The van der Waals surface area contributed by atoms with Crippen molar-refractivity contribution in [3.63, 3.8) is 0 Å². The van der Waals surface area contributed by atoms with Crippen molar-refractivity contribution in [1.82, 2.24) is 0 Å². The summed E-state index contributed by atoms with van der Waals surface area (Å²) >= 11 is 0. The van der Waals surface area contributed by atoms with E-state index in [0.717, 1.165) is 29.9 Å². The summed E-state index contributed by atoms with van der Waals surface area (Å²) < 4.78 is 11.7. The maximum absolute atomic E-state index is 6.24. The first-order chi connectivity index (χ1) is 10.7. The van der Waals surface area contributed by atoms with E-state index in [1.165, 1.54) is 5.56 Å². The summed E-state index contributed by atoms with van der Waals surface area (Å²) in [6.07, 6.45) is 2.22. The van der Waals surface area contributed by atoms with Crippen LogP contribution in [-0.4, -0.2) is 13.2 Å². The molecule has 1 aliphatic rings. The molecule has 0 aromatic heterocycles. The molecule has 22 heavy (non-hydrogen) atoms. The molecule has 1 atom stereocenters. The summed E-state index contributed by atoms with van der Waals surface area (Å²) in [6, 6.07) is 16.4. The highest BCUT2D eigenvalue weighted by Gasteiger charge is 2.49. The molecule has 1 unspecified atom stereocenters. The third kappa shape index (κ3) is 2.69. The Kier molecular flexibility index (Phi) is 4.08. The number of methoxy groups -OCH3 is 1. The van der Waals surface area contributed by atoms with Crippen molar-refractivity contribution in [3.05, 3.63) is 59.7 Å². The SMILES string of the molecule is COc1cccc(C2(C(C)N)CC2)c1OCc1ccccc1. The molecule has 1 fully saturated rings. The highest BCUT2D eigenvalue weighted by atomic mass is 16.5. The Bertz CT molecular complexity index is 633. The van der Waals surface area contributed by atoms with Gasteiger partial charge in [-0.2, -0.15) is 0 Å². The van der Waals surface area contributed by atoms with E-state index in [9.17, 15) is 0 Å². The van der Waals surface area contributed by atoms with Gasteiger partial charge in [-0.15, -0.1) is 0 Å². The van der Waals surface area contributed by atoms with Crippen molar-refractivity contribution in [2.45, 2.75) is 37.8 Å². The van der Waals surface area contributed by atoms with E-state index in [0.29, 0.717) is 6.61 Å². The van der Waals surface area contributed by atoms with Gasteiger partial charge in [-0.3, -0.25) is 0 Å². The molecule has 0 radical (unpaired) electrons. The minimum Gasteiger partial charge on any atom is -0.493 e. The molecule has 2 aromatic carbocycles. The maximum Gasteiger partial charge on any atom is 0.165 e. The van der Waals surface area contributed by atoms with Crippen LogP contribution in [0.4, 0.5) is 0 Å². The van der Waals surface area contributed by atoms with Gasteiger partial charge in [0.1, 0.15) is 6.61 Å². The lowest BCUT2D eigenvalue weighted by Crippen LogP contribution is -2.32. The zero-order valence-electron chi connectivity index (χ0n) is 13.2. The number of rotatable bonds is 6. The molecule has 1 aliphatic carbocycles. The van der Waals surface area contributed by atoms with Gasteiger partial charge < -0.3 is 15.2 Å². The summed E-state index contributed by atoms with van der Waals surface area (Å²) in [5.74, 6) is 1.61. The van der Waals surface area contributed by atoms with Gasteiger partial charge in [0.05, 0.1) is 7.11 Å². The lowest BCUT2D eigenvalue weighted by atomic mass is 9.88. The number of benzene rings is 2. The second-order valence-corrected chi connectivity index (χ2v) is 6.06. The number of hydrogen-bond donors (Lipinski definition) is 1. The highest BCUT2D eigenvalue weighted by molar-refractivity contribution is 5.53. The van der Waals surface area contributed by atoms with Crippen LogP contribution in [0.3, 0.4) is 0 Å². The van der Waals surface area contributed by atoms with Gasteiger partial charge in [0.25, 0.3) is 0 Å². The summed E-state index contributed by atoms with van der Waals surface area (Å²) in [5.41, 5.74) is 8.60. The van der Waals surface area contributed by atoms with Crippen LogP contribution < -0.4 is 15.2 Å². The van der Waals surface area contributed by atoms with Crippen molar-refractivity contribution in [3.8, 4) is 11.5 Å². The maximum atomic E-state index is 6.24. The van der Waals surface area contributed by atoms with E-state index in [1.54, 1.807) is 7.11 Å². The Balaban J connectivity index is 1.91. The summed E-state index contributed by atoms with van der Waals surface area (Å²) in [5, 5.41) is 0. The molecule has 0 heterocycles. The zero-order valence-corrected chi connectivity index (χ0v) is 13.2. The molecule has 0 bridgehead atoms. The average molecular weight is 297 g/mol. The summed E-state index contributed by atoms with van der Waals surface area (Å²) in [4.78, 5) is 0. The van der Waals surface area contributed by atoms with Crippen LogP contribution in [0.25, 0.3) is 0 Å². The first-order valence-electron chi connectivity index (χ1n) is 7.77. The molecule has 3 nitrogen and oxygen atoms in total. The summed E-state index contributed by atoms with van der Waals surface area (Å²) in [7, 11) is 1.68. The molecule has 116 valence electrons. The largest absolute Gasteiger partial charge is 0.493 e. The molecule has 2 aromatic rings. The molecule has 2 N–H and O–H groups in total. The second-order valence-electron chi connectivity index (χ2n) is 6.06. The van der Waals surface area contributed by atoms with Crippen molar-refractivity contribution in [2.24, 2.45) is 5.73 Å². The highest BCUT2D eigenvalue weighted by Crippen LogP contribution is 2.55. The predicted octanol–water partition coefficient (Wildman–Crippen LogP) is 3.65. The van der Waals surface area contributed by atoms with Crippen LogP contribution in [-0.2, 0) is 12.0 Å². The van der Waals surface area contributed by atoms with Crippen molar-refractivity contribution < 1.29 is 9.47 Å². The van der Waals surface area contributed by atoms with E-state index in [2.05, 4.69) is 25.1 Å². The van der Waals surface area contributed by atoms with Crippen LogP contribution in [0, 0.1) is 0 Å². The molecule has 0 spiro atoms. The quantitative estimate of drug-likeness (QED) is 0.885. The predicted molar refractivity (Wildman–Crippen MR) is 88.3 cm³/mol. The monoisotopic (exact) mass is 297 g/mol. The minimum atomic E-state index is 0.0422. The second kappa shape index (κ2) is 6.01. The van der Waals surface area contributed by atoms with Crippen molar-refractivity contribution >= 4 is 0 Å². The molecular weight excluding hydrogens is 274 g/mol. The Morgan fingerprint density at radius 1 is 1.09 bits per heavy atom. The van der Waals surface area contributed by atoms with Gasteiger partial charge in [0.2, 0.25) is 0 Å². The van der Waals surface area contributed by atoms with Crippen LogP contribution in [0.1, 0.15) is 30.9 Å². The molecule has 1 saturated carbocycles. The zero-order chi connectivity index (χ0) is 15.6. The fraction of sp³-hybridized carbons (Fsp3) is 0.368. The average Bonchev–Trinajstić information content (AvgIpc) is 3.35. The lowest BCUT2D eigenvalue weighted by molar-refractivity contribution is 0.277. The van der Waals surface area contributed by atoms with Crippen LogP contribution >= 0.6 is 0 Å². The number of ether oxygens (including phenoxy) is 2. The topological polar surface area (TPSA) is 44.5 Å². The lowest BCUT2D eigenvalue weighted by Gasteiger charge is -2.24. The van der Waals surface area contributed by atoms with Crippen molar-refractivity contribution in [1.29, 1.82) is 0 Å². The minimum absolute atomic E-state index is 0.0422. The molecule has 0 aliphatic heterocycles. The molecule has 0 saturated heterocycles. The first-order valence-corrected chi connectivity index (χ1v) is 7.77. The molecule has 3 heteroatoms. The fourth-order valence-electron chi connectivity index (χ4n) is 3.05. The number of hydrogen-bond acceptors (Lipinski definition) is 3. The number of nitrogens with two attached hydrogens (primary N) is 1. The van der Waals surface area contributed by atoms with E-state index < -0.39 is 0 Å². The molecular formula is C19H23NO2. The van der Waals surface area contributed by atoms with E-state index in [4.69, 9.17) is 15.2 Å². The fourth-order valence-corrected chi connectivity index (χ4v) is 3.05. The Morgan fingerprint density at radius 2 is 1.82 bits per heavy atom. The normalized spacial score (nSPS) is 16.9. The Labute approximate surface area is 132 Å². The standard InChI is InChI=1S/C19H23NO2/c1-14(20)19(11-12-19)16-9-6-10-17(21-2)18(16)22-13-15-7-4-3-5-8-15/h3-10,14H,11-13,20H2,1-2H3. The Hall–Kier alpha value is -2.00. The first kappa shape index (κ1) is 14.9. The molecule has 3 rings (SSSR count). The van der Waals surface area contributed by atoms with Gasteiger partial charge in [0, 0.05) is 17.0 Å². The van der Waals surface area contributed by atoms with Crippen molar-refractivity contribution in [2.75, 3.05) is 7.11 Å². The van der Waals surface area contributed by atoms with Crippen LogP contribution in [0.15, 0.2) is 48.5 Å². The van der Waals surface area contributed by atoms with Crippen LogP contribution in [0.2, 0.25) is 0 Å². The summed E-state index contributed by atoms with van der Waals surface area (Å²) in [6.45, 7) is 2.61. The number of para-hydroxylation sites is 1. The van der Waals surface area contributed by atoms with Gasteiger partial charge in [-0.05, 0) is 31.4 Å². The third-order valence-electron chi connectivity index (χ3n) is 4.62. The van der Waals surface area contributed by atoms with E-state index >= 15 is 0 Å². The van der Waals surface area contributed by atoms with Gasteiger partial charge in [0.15, 0.2) is 11.5 Å². The van der Waals surface area contributed by atoms with E-state index in [1.807, 2.05) is 30.3 Å². The smallest absolute Gasteiger partial charge is 0.165 e. The Morgan fingerprint density at radius 3 is 2.41 bits per heavy atom. The van der Waals surface area contributed by atoms with Crippen LogP contribution in [0.5, 0.6) is 11.5 Å².